The molecule has 0 spiro atoms. The Morgan fingerprint density at radius 1 is 1.43 bits per heavy atom. The van der Waals surface area contributed by atoms with Gasteiger partial charge in [0.05, 0.1) is 12.2 Å². The zero-order valence-electron chi connectivity index (χ0n) is 13.5. The van der Waals surface area contributed by atoms with Gasteiger partial charge in [-0.25, -0.2) is 9.59 Å². The van der Waals surface area contributed by atoms with Crippen molar-refractivity contribution in [3.63, 3.8) is 0 Å². The lowest BCUT2D eigenvalue weighted by atomic mass is 10.1. The van der Waals surface area contributed by atoms with E-state index in [0.717, 1.165) is 11.3 Å². The lowest BCUT2D eigenvalue weighted by Gasteiger charge is -2.29. The number of urea groups is 1. The Balaban J connectivity index is 1.98. The number of aromatic amines is 1. The summed E-state index contributed by atoms with van der Waals surface area (Å²) in [5, 5.41) is 12.3. The summed E-state index contributed by atoms with van der Waals surface area (Å²) in [6.07, 6.45) is 0.239. The highest BCUT2D eigenvalue weighted by molar-refractivity contribution is 6.18. The van der Waals surface area contributed by atoms with E-state index < -0.39 is 5.60 Å². The second-order valence-corrected chi connectivity index (χ2v) is 6.63. The molecule has 9 heteroatoms. The third kappa shape index (κ3) is 4.75. The van der Waals surface area contributed by atoms with Crippen molar-refractivity contribution in [3.05, 3.63) is 11.3 Å². The predicted molar refractivity (Wildman–Crippen MR) is 86.7 cm³/mol. The zero-order chi connectivity index (χ0) is 17.0. The van der Waals surface area contributed by atoms with Crippen LogP contribution in [0.5, 0.6) is 0 Å². The summed E-state index contributed by atoms with van der Waals surface area (Å²) in [5.41, 5.74) is 1.18. The SMILES string of the molecule is CC(C)(C)OC(=O)N1CCc2c(NC(=O)NCCCl)n[nH]c2C1. The minimum Gasteiger partial charge on any atom is -0.444 e. The summed E-state index contributed by atoms with van der Waals surface area (Å²) in [4.78, 5) is 25.4. The van der Waals surface area contributed by atoms with Crippen LogP contribution in [0.2, 0.25) is 0 Å². The number of hydrogen-bond acceptors (Lipinski definition) is 4. The summed E-state index contributed by atoms with van der Waals surface area (Å²) < 4.78 is 5.37. The van der Waals surface area contributed by atoms with Gasteiger partial charge in [0.1, 0.15) is 5.60 Å². The molecule has 3 N–H and O–H groups in total. The molecule has 1 aliphatic heterocycles. The summed E-state index contributed by atoms with van der Waals surface area (Å²) in [5.74, 6) is 0.827. The van der Waals surface area contributed by atoms with E-state index in [1.165, 1.54) is 0 Å². The van der Waals surface area contributed by atoms with Crippen LogP contribution in [-0.2, 0) is 17.7 Å². The minimum absolute atomic E-state index is 0.344. The van der Waals surface area contributed by atoms with Gasteiger partial charge in [-0.2, -0.15) is 5.10 Å². The largest absolute Gasteiger partial charge is 0.444 e. The van der Waals surface area contributed by atoms with Crippen molar-refractivity contribution in [1.82, 2.24) is 20.4 Å². The summed E-state index contributed by atoms with van der Waals surface area (Å²) in [6, 6.07) is -0.352. The van der Waals surface area contributed by atoms with E-state index >= 15 is 0 Å². The molecular weight excluding hydrogens is 322 g/mol. The second-order valence-electron chi connectivity index (χ2n) is 6.25. The smallest absolute Gasteiger partial charge is 0.410 e. The van der Waals surface area contributed by atoms with Gasteiger partial charge >= 0.3 is 12.1 Å². The standard InChI is InChI=1S/C14H22ClN5O3/c1-14(2,3)23-13(22)20-7-4-9-10(8-20)18-19-11(9)17-12(21)16-6-5-15/h4-8H2,1-3H3,(H3,16,17,18,19,21). The van der Waals surface area contributed by atoms with Gasteiger partial charge in [-0.1, -0.05) is 0 Å². The molecular formula is C14H22ClN5O3. The van der Waals surface area contributed by atoms with Crippen LogP contribution in [0.3, 0.4) is 0 Å². The molecule has 0 fully saturated rings. The van der Waals surface area contributed by atoms with Crippen LogP contribution in [0, 0.1) is 0 Å². The number of aromatic nitrogens is 2. The van der Waals surface area contributed by atoms with E-state index in [2.05, 4.69) is 20.8 Å². The number of carbonyl (C=O) groups is 2. The summed E-state index contributed by atoms with van der Waals surface area (Å²) in [7, 11) is 0. The molecule has 23 heavy (non-hydrogen) atoms. The van der Waals surface area contributed by atoms with Crippen LogP contribution in [0.4, 0.5) is 15.4 Å². The first-order valence-electron chi connectivity index (χ1n) is 7.45. The summed E-state index contributed by atoms with van der Waals surface area (Å²) >= 11 is 5.52. The zero-order valence-corrected chi connectivity index (χ0v) is 14.3. The van der Waals surface area contributed by atoms with E-state index in [1.807, 2.05) is 20.8 Å². The Labute approximate surface area is 139 Å². The number of halogens is 1. The summed E-state index contributed by atoms with van der Waals surface area (Å²) in [6.45, 7) is 6.77. The second kappa shape index (κ2) is 7.08. The van der Waals surface area contributed by atoms with Gasteiger partial charge in [0, 0.05) is 24.5 Å². The average molecular weight is 344 g/mol. The van der Waals surface area contributed by atoms with E-state index in [1.54, 1.807) is 4.90 Å². The van der Waals surface area contributed by atoms with Crippen molar-refractivity contribution in [2.45, 2.75) is 39.3 Å². The van der Waals surface area contributed by atoms with Crippen LogP contribution < -0.4 is 10.6 Å². The molecule has 0 saturated carbocycles. The Hall–Kier alpha value is -1.96. The lowest BCUT2D eigenvalue weighted by Crippen LogP contribution is -2.40. The molecule has 1 aromatic heterocycles. The molecule has 8 nitrogen and oxygen atoms in total. The average Bonchev–Trinajstić information content (AvgIpc) is 2.85. The molecule has 2 heterocycles. The predicted octanol–water partition coefficient (Wildman–Crippen LogP) is 2.06. The van der Waals surface area contributed by atoms with Crippen molar-refractivity contribution >= 4 is 29.5 Å². The fraction of sp³-hybridized carbons (Fsp3) is 0.643. The van der Waals surface area contributed by atoms with E-state index in [4.69, 9.17) is 16.3 Å². The highest BCUT2D eigenvalue weighted by atomic mass is 35.5. The van der Waals surface area contributed by atoms with Crippen LogP contribution in [-0.4, -0.2) is 51.8 Å². The molecule has 128 valence electrons. The molecule has 1 aromatic rings. The number of hydrogen-bond donors (Lipinski definition) is 3. The molecule has 1 aliphatic rings. The maximum absolute atomic E-state index is 12.1. The third-order valence-electron chi connectivity index (χ3n) is 3.20. The number of nitrogens with zero attached hydrogens (tertiary/aromatic N) is 2. The van der Waals surface area contributed by atoms with Gasteiger partial charge in [0.25, 0.3) is 0 Å². The number of anilines is 1. The molecule has 2 rings (SSSR count). The Bertz CT molecular complexity index is 581. The van der Waals surface area contributed by atoms with Crippen molar-refractivity contribution in [3.8, 4) is 0 Å². The normalized spacial score (nSPS) is 14.2. The van der Waals surface area contributed by atoms with E-state index in [-0.39, 0.29) is 12.1 Å². The number of nitrogens with one attached hydrogen (secondary N) is 3. The monoisotopic (exact) mass is 343 g/mol. The third-order valence-corrected chi connectivity index (χ3v) is 3.39. The fourth-order valence-electron chi connectivity index (χ4n) is 2.22. The van der Waals surface area contributed by atoms with Gasteiger partial charge < -0.3 is 15.0 Å². The number of rotatable bonds is 3. The van der Waals surface area contributed by atoms with Crippen LogP contribution in [0.1, 0.15) is 32.0 Å². The first kappa shape index (κ1) is 17.4. The first-order valence-corrected chi connectivity index (χ1v) is 7.98. The number of H-pyrrole nitrogens is 1. The number of alkyl halides is 1. The molecule has 0 unspecified atom stereocenters. The van der Waals surface area contributed by atoms with Crippen LogP contribution in [0.25, 0.3) is 0 Å². The Morgan fingerprint density at radius 3 is 2.83 bits per heavy atom. The fourth-order valence-corrected chi connectivity index (χ4v) is 2.31. The molecule has 0 saturated heterocycles. The molecule has 0 atom stereocenters. The molecule has 0 aliphatic carbocycles. The highest BCUT2D eigenvalue weighted by Gasteiger charge is 2.28. The number of ether oxygens (including phenoxy) is 1. The Morgan fingerprint density at radius 2 is 2.17 bits per heavy atom. The number of fused-ring (bicyclic) bond motifs is 1. The van der Waals surface area contributed by atoms with E-state index in [9.17, 15) is 9.59 Å². The van der Waals surface area contributed by atoms with Crippen LogP contribution >= 0.6 is 11.6 Å². The minimum atomic E-state index is -0.529. The lowest BCUT2D eigenvalue weighted by molar-refractivity contribution is 0.0221. The topological polar surface area (TPSA) is 99.3 Å². The number of carbonyl (C=O) groups excluding carboxylic acids is 2. The number of amides is 3. The van der Waals surface area contributed by atoms with Crippen LogP contribution in [0.15, 0.2) is 0 Å². The maximum atomic E-state index is 12.1. The van der Waals surface area contributed by atoms with Gasteiger partial charge in [-0.15, -0.1) is 11.6 Å². The van der Waals surface area contributed by atoms with Crippen molar-refractivity contribution in [1.29, 1.82) is 0 Å². The first-order chi connectivity index (χ1) is 10.8. The van der Waals surface area contributed by atoms with Gasteiger partial charge in [0.15, 0.2) is 5.82 Å². The maximum Gasteiger partial charge on any atom is 0.410 e. The molecule has 0 bridgehead atoms. The Kier molecular flexibility index (Phi) is 5.35. The van der Waals surface area contributed by atoms with Crippen molar-refractivity contribution < 1.29 is 14.3 Å². The molecule has 0 radical (unpaired) electrons. The van der Waals surface area contributed by atoms with Gasteiger partial charge in [-0.3, -0.25) is 10.4 Å². The van der Waals surface area contributed by atoms with Crippen molar-refractivity contribution in [2.75, 3.05) is 24.3 Å². The molecule has 3 amide bonds. The van der Waals surface area contributed by atoms with Gasteiger partial charge in [-0.05, 0) is 27.2 Å². The van der Waals surface area contributed by atoms with Gasteiger partial charge in [0.2, 0.25) is 0 Å². The van der Waals surface area contributed by atoms with E-state index in [0.29, 0.717) is 37.8 Å². The highest BCUT2D eigenvalue weighted by Crippen LogP contribution is 2.24. The molecule has 0 aromatic carbocycles. The quantitative estimate of drug-likeness (QED) is 0.731. The van der Waals surface area contributed by atoms with Crippen molar-refractivity contribution in [2.24, 2.45) is 0 Å².